The van der Waals surface area contributed by atoms with Gasteiger partial charge in [-0.1, -0.05) is 19.8 Å². The number of rotatable bonds is 7. The predicted octanol–water partition coefficient (Wildman–Crippen LogP) is 2.88. The summed E-state index contributed by atoms with van der Waals surface area (Å²) >= 11 is 0. The van der Waals surface area contributed by atoms with E-state index < -0.39 is 0 Å². The Balaban J connectivity index is 1.64. The molecule has 2 amide bonds. The Morgan fingerprint density at radius 3 is 2.28 bits per heavy atom. The number of carbonyl (C=O) groups is 2. The molecule has 1 saturated heterocycles. The van der Waals surface area contributed by atoms with E-state index in [1.807, 2.05) is 41.1 Å². The number of benzene rings is 1. The number of hydrogen-bond donors (Lipinski definition) is 0. The fourth-order valence-electron chi connectivity index (χ4n) is 4.72. The molecular formula is C23H35N3O3. The highest BCUT2D eigenvalue weighted by Gasteiger charge is 2.38. The number of piperazine rings is 1. The van der Waals surface area contributed by atoms with Gasteiger partial charge in [0.1, 0.15) is 5.75 Å². The lowest BCUT2D eigenvalue weighted by Crippen LogP contribution is -2.58. The molecule has 0 unspecified atom stereocenters. The van der Waals surface area contributed by atoms with Crippen LogP contribution in [0.2, 0.25) is 0 Å². The van der Waals surface area contributed by atoms with Crippen molar-refractivity contribution in [3.05, 3.63) is 29.8 Å². The summed E-state index contributed by atoms with van der Waals surface area (Å²) in [6.45, 7) is 5.76. The van der Waals surface area contributed by atoms with Crippen LogP contribution < -0.4 is 4.74 Å². The van der Waals surface area contributed by atoms with E-state index in [9.17, 15) is 9.59 Å². The lowest BCUT2D eigenvalue weighted by molar-refractivity contribution is -0.138. The summed E-state index contributed by atoms with van der Waals surface area (Å²) in [6.07, 6.45) is 5.70. The summed E-state index contributed by atoms with van der Waals surface area (Å²) in [7, 11) is 3.55. The number of likely N-dealkylation sites (N-methyl/N-ethyl adjacent to an activating group) is 1. The van der Waals surface area contributed by atoms with Crippen LogP contribution in [-0.2, 0) is 4.79 Å². The minimum Gasteiger partial charge on any atom is -0.497 e. The van der Waals surface area contributed by atoms with E-state index in [1.54, 1.807) is 7.11 Å². The normalized spacial score (nSPS) is 19.2. The Morgan fingerprint density at radius 2 is 1.72 bits per heavy atom. The molecule has 1 heterocycles. The molecule has 1 aliphatic carbocycles. The van der Waals surface area contributed by atoms with E-state index in [0.717, 1.165) is 44.6 Å². The molecule has 2 aliphatic rings. The molecule has 29 heavy (non-hydrogen) atoms. The highest BCUT2D eigenvalue weighted by atomic mass is 16.5. The summed E-state index contributed by atoms with van der Waals surface area (Å²) in [4.78, 5) is 32.2. The largest absolute Gasteiger partial charge is 0.497 e. The van der Waals surface area contributed by atoms with Gasteiger partial charge in [-0.2, -0.15) is 0 Å². The molecule has 3 rings (SSSR count). The maximum atomic E-state index is 13.2. The maximum absolute atomic E-state index is 13.2. The molecule has 0 N–H and O–H groups in total. The van der Waals surface area contributed by atoms with Crippen LogP contribution in [0.25, 0.3) is 0 Å². The average Bonchev–Trinajstić information content (AvgIpc) is 3.28. The van der Waals surface area contributed by atoms with Crippen molar-refractivity contribution in [2.45, 2.75) is 45.1 Å². The second-order valence-electron chi connectivity index (χ2n) is 8.31. The van der Waals surface area contributed by atoms with E-state index in [1.165, 1.54) is 12.8 Å². The zero-order chi connectivity index (χ0) is 20.8. The molecule has 1 atom stereocenters. The van der Waals surface area contributed by atoms with E-state index in [0.29, 0.717) is 24.6 Å². The van der Waals surface area contributed by atoms with E-state index >= 15 is 0 Å². The van der Waals surface area contributed by atoms with Gasteiger partial charge in [0.15, 0.2) is 0 Å². The zero-order valence-electron chi connectivity index (χ0n) is 18.1. The van der Waals surface area contributed by atoms with Crippen LogP contribution in [-0.4, -0.2) is 79.4 Å². The highest BCUT2D eigenvalue weighted by Crippen LogP contribution is 2.32. The molecule has 1 aromatic carbocycles. The fraction of sp³-hybridized carbons (Fsp3) is 0.652. The standard InChI is InChI=1S/C23H35N3O3/c1-4-13-24(2)23(28)21(18-7-5-6-8-18)25-14-16-26(17-15-25)22(27)19-9-11-20(29-3)12-10-19/h9-12,18,21H,4-8,13-17H2,1-3H3/t21-/m1/s1. The summed E-state index contributed by atoms with van der Waals surface area (Å²) in [5, 5.41) is 0. The van der Waals surface area contributed by atoms with Crippen LogP contribution >= 0.6 is 0 Å². The van der Waals surface area contributed by atoms with Gasteiger partial charge in [0.25, 0.3) is 5.91 Å². The topological polar surface area (TPSA) is 53.1 Å². The van der Waals surface area contributed by atoms with Crippen molar-refractivity contribution < 1.29 is 14.3 Å². The van der Waals surface area contributed by atoms with Crippen molar-refractivity contribution in [3.8, 4) is 5.75 Å². The van der Waals surface area contributed by atoms with Crippen molar-refractivity contribution in [1.29, 1.82) is 0 Å². The molecular weight excluding hydrogens is 366 g/mol. The van der Waals surface area contributed by atoms with Gasteiger partial charge in [-0.15, -0.1) is 0 Å². The summed E-state index contributed by atoms with van der Waals surface area (Å²) < 4.78 is 5.18. The lowest BCUT2D eigenvalue weighted by atomic mass is 9.94. The van der Waals surface area contributed by atoms with E-state index in [-0.39, 0.29) is 17.9 Å². The Bertz CT molecular complexity index is 677. The minimum atomic E-state index is -0.0349. The van der Waals surface area contributed by atoms with Gasteiger partial charge in [0.2, 0.25) is 5.91 Å². The highest BCUT2D eigenvalue weighted by molar-refractivity contribution is 5.94. The van der Waals surface area contributed by atoms with Gasteiger partial charge < -0.3 is 14.5 Å². The van der Waals surface area contributed by atoms with Gasteiger partial charge in [-0.25, -0.2) is 0 Å². The average molecular weight is 402 g/mol. The molecule has 1 saturated carbocycles. The predicted molar refractivity (Wildman–Crippen MR) is 114 cm³/mol. The Labute approximate surface area is 174 Å². The lowest BCUT2D eigenvalue weighted by Gasteiger charge is -2.42. The van der Waals surface area contributed by atoms with Crippen LogP contribution in [0.15, 0.2) is 24.3 Å². The fourth-order valence-corrected chi connectivity index (χ4v) is 4.72. The number of hydrogen-bond acceptors (Lipinski definition) is 4. The second-order valence-corrected chi connectivity index (χ2v) is 8.31. The molecule has 6 heteroatoms. The minimum absolute atomic E-state index is 0.0349. The first-order chi connectivity index (χ1) is 14.0. The van der Waals surface area contributed by atoms with Crippen molar-refractivity contribution in [2.24, 2.45) is 5.92 Å². The summed E-state index contributed by atoms with van der Waals surface area (Å²) in [5.74, 6) is 1.51. The first-order valence-electron chi connectivity index (χ1n) is 11.0. The monoisotopic (exact) mass is 401 g/mol. The molecule has 1 aliphatic heterocycles. The Kier molecular flexibility index (Phi) is 7.53. The molecule has 0 radical (unpaired) electrons. The molecule has 160 valence electrons. The summed E-state index contributed by atoms with van der Waals surface area (Å²) in [5.41, 5.74) is 0.686. The number of nitrogens with zero attached hydrogens (tertiary/aromatic N) is 3. The number of amides is 2. The molecule has 0 bridgehead atoms. The molecule has 6 nitrogen and oxygen atoms in total. The van der Waals surface area contributed by atoms with Crippen LogP contribution in [0, 0.1) is 5.92 Å². The molecule has 2 fully saturated rings. The third-order valence-electron chi connectivity index (χ3n) is 6.37. The molecule has 0 aromatic heterocycles. The van der Waals surface area contributed by atoms with Crippen molar-refractivity contribution >= 4 is 11.8 Å². The third kappa shape index (κ3) is 5.10. The van der Waals surface area contributed by atoms with Gasteiger partial charge in [-0.05, 0) is 49.4 Å². The first-order valence-corrected chi connectivity index (χ1v) is 11.0. The van der Waals surface area contributed by atoms with Crippen molar-refractivity contribution in [2.75, 3.05) is 46.9 Å². The SMILES string of the molecule is CCCN(C)C(=O)[C@@H](C1CCCC1)N1CCN(C(=O)c2ccc(OC)cc2)CC1. The molecule has 0 spiro atoms. The maximum Gasteiger partial charge on any atom is 0.253 e. The van der Waals surface area contributed by atoms with Crippen LogP contribution in [0.3, 0.4) is 0 Å². The van der Waals surface area contributed by atoms with E-state index in [4.69, 9.17) is 4.74 Å². The summed E-state index contributed by atoms with van der Waals surface area (Å²) in [6, 6.07) is 7.24. The Morgan fingerprint density at radius 1 is 1.10 bits per heavy atom. The molecule has 1 aromatic rings. The second kappa shape index (κ2) is 10.1. The van der Waals surface area contributed by atoms with Crippen molar-refractivity contribution in [3.63, 3.8) is 0 Å². The van der Waals surface area contributed by atoms with Crippen LogP contribution in [0.5, 0.6) is 5.75 Å². The van der Waals surface area contributed by atoms with E-state index in [2.05, 4.69) is 11.8 Å². The van der Waals surface area contributed by atoms with Crippen molar-refractivity contribution in [1.82, 2.24) is 14.7 Å². The van der Waals surface area contributed by atoms with Gasteiger partial charge >= 0.3 is 0 Å². The van der Waals surface area contributed by atoms with Crippen LogP contribution in [0.4, 0.5) is 0 Å². The number of methoxy groups -OCH3 is 1. The third-order valence-corrected chi connectivity index (χ3v) is 6.37. The quantitative estimate of drug-likeness (QED) is 0.705. The van der Waals surface area contributed by atoms with Gasteiger partial charge in [0, 0.05) is 45.3 Å². The number of ether oxygens (including phenoxy) is 1. The first kappa shape index (κ1) is 21.6. The van der Waals surface area contributed by atoms with Gasteiger partial charge in [-0.3, -0.25) is 14.5 Å². The number of carbonyl (C=O) groups excluding carboxylic acids is 2. The smallest absolute Gasteiger partial charge is 0.253 e. The van der Waals surface area contributed by atoms with Gasteiger partial charge in [0.05, 0.1) is 13.2 Å². The zero-order valence-corrected chi connectivity index (χ0v) is 18.1. The van der Waals surface area contributed by atoms with Crippen LogP contribution in [0.1, 0.15) is 49.4 Å². The Hall–Kier alpha value is -2.08.